The van der Waals surface area contributed by atoms with Gasteiger partial charge in [0.1, 0.15) is 36.3 Å². The van der Waals surface area contributed by atoms with Crippen LogP contribution in [-0.2, 0) is 56.0 Å². The molecule has 22 heteroatoms. The lowest BCUT2D eigenvalue weighted by Gasteiger charge is -2.25. The van der Waals surface area contributed by atoms with Gasteiger partial charge in [-0.2, -0.15) is 0 Å². The second-order valence-corrected chi connectivity index (χ2v) is 15.1. The monoisotopic (exact) mass is 881 g/mol. The summed E-state index contributed by atoms with van der Waals surface area (Å²) in [6.07, 6.45) is 0.766. The summed E-state index contributed by atoms with van der Waals surface area (Å²) >= 11 is 0. The van der Waals surface area contributed by atoms with Gasteiger partial charge in [0, 0.05) is 29.9 Å². The summed E-state index contributed by atoms with van der Waals surface area (Å²) in [5.41, 5.74) is 7.47. The molecule has 14 N–H and O–H groups in total. The molecular weight excluding hydrogens is 827 g/mol. The van der Waals surface area contributed by atoms with Gasteiger partial charge in [-0.1, -0.05) is 62.4 Å². The maximum Gasteiger partial charge on any atom is 0.326 e. The number of aromatic nitrogens is 1. The lowest BCUT2D eigenvalue weighted by Crippen LogP contribution is -2.59. The zero-order valence-electron chi connectivity index (χ0n) is 34.9. The standard InChI is InChI=1S/C41H55N9O13/c1-21(2)13-30(41(62)63)48-38(59)29(15-24-17-43-27-12-8-7-11-25(24)27)47-39(60)31(19-51)49-35(56)22(3)45-33(53)18-44-37(58)28(14-23-9-5-4-6-10-23)46-40(61)32(20-52)50-36(57)26(42)16-34(54)55/h4-12,17,21-22,26,28-32,43,51-52H,13-16,18-20,42H2,1-3H3,(H,44,58)(H,45,53)(H,46,61)(H,47,60)(H,48,59)(H,49,56)(H,50,57)(H,54,55)(H,62,63)/t22-,26-,28-,29-,30-,31-,32-/m0/s1. The SMILES string of the molecule is CC(C)C[C@H](NC(=O)[C@H](Cc1c[nH]c2ccccc12)NC(=O)[C@H](CO)NC(=O)[C@H](C)NC(=O)CNC(=O)[C@H](Cc1ccccc1)NC(=O)[C@H](CO)NC(=O)[C@@H](N)CC(=O)O)C(=O)O. The van der Waals surface area contributed by atoms with E-state index >= 15 is 0 Å². The van der Waals surface area contributed by atoms with Crippen molar-refractivity contribution in [1.29, 1.82) is 0 Å². The van der Waals surface area contributed by atoms with Crippen LogP contribution in [0.2, 0.25) is 0 Å². The molecule has 7 amide bonds. The number of aliphatic hydroxyl groups excluding tert-OH is 2. The van der Waals surface area contributed by atoms with Crippen molar-refractivity contribution < 1.29 is 63.6 Å². The first kappa shape index (κ1) is 50.4. The Balaban J connectivity index is 1.65. The Morgan fingerprint density at radius 2 is 1.14 bits per heavy atom. The van der Waals surface area contributed by atoms with Crippen molar-refractivity contribution in [3.63, 3.8) is 0 Å². The summed E-state index contributed by atoms with van der Waals surface area (Å²) in [5, 5.41) is 55.7. The van der Waals surface area contributed by atoms with Gasteiger partial charge in [0.25, 0.3) is 0 Å². The maximum absolute atomic E-state index is 13.5. The first-order valence-electron chi connectivity index (χ1n) is 19.9. The van der Waals surface area contributed by atoms with Gasteiger partial charge in [0.2, 0.25) is 41.4 Å². The second-order valence-electron chi connectivity index (χ2n) is 15.1. The van der Waals surface area contributed by atoms with Gasteiger partial charge in [0.15, 0.2) is 0 Å². The number of amides is 7. The summed E-state index contributed by atoms with van der Waals surface area (Å²) < 4.78 is 0. The fraction of sp³-hybridized carbons (Fsp3) is 0.439. The number of aliphatic carboxylic acids is 2. The van der Waals surface area contributed by atoms with E-state index in [0.717, 1.165) is 10.9 Å². The largest absolute Gasteiger partial charge is 0.481 e. The highest BCUT2D eigenvalue weighted by atomic mass is 16.4. The highest BCUT2D eigenvalue weighted by Gasteiger charge is 2.32. The van der Waals surface area contributed by atoms with Gasteiger partial charge >= 0.3 is 11.9 Å². The van der Waals surface area contributed by atoms with E-state index in [-0.39, 0.29) is 25.2 Å². The molecule has 0 spiro atoms. The first-order valence-corrected chi connectivity index (χ1v) is 19.9. The topological polar surface area (TPSA) is 361 Å². The number of carbonyl (C=O) groups excluding carboxylic acids is 7. The van der Waals surface area contributed by atoms with Gasteiger partial charge < -0.3 is 68.4 Å². The minimum absolute atomic E-state index is 0.0989. The number of para-hydroxylation sites is 1. The van der Waals surface area contributed by atoms with Crippen LogP contribution in [0.5, 0.6) is 0 Å². The number of nitrogens with one attached hydrogen (secondary N) is 8. The summed E-state index contributed by atoms with van der Waals surface area (Å²) in [7, 11) is 0. The summed E-state index contributed by atoms with van der Waals surface area (Å²) in [4.78, 5) is 118. The average molecular weight is 882 g/mol. The van der Waals surface area contributed by atoms with Crippen molar-refractivity contribution in [3.8, 4) is 0 Å². The van der Waals surface area contributed by atoms with Gasteiger partial charge in [-0.05, 0) is 36.5 Å². The van der Waals surface area contributed by atoms with E-state index in [2.05, 4.69) is 42.2 Å². The van der Waals surface area contributed by atoms with Crippen LogP contribution in [0.3, 0.4) is 0 Å². The number of aliphatic hydroxyl groups is 2. The molecule has 22 nitrogen and oxygen atoms in total. The van der Waals surface area contributed by atoms with Crippen LogP contribution >= 0.6 is 0 Å². The number of H-pyrrole nitrogens is 1. The molecule has 3 aromatic rings. The predicted molar refractivity (Wildman–Crippen MR) is 224 cm³/mol. The molecule has 0 unspecified atom stereocenters. The number of fused-ring (bicyclic) bond motifs is 1. The first-order chi connectivity index (χ1) is 29.8. The highest BCUT2D eigenvalue weighted by Crippen LogP contribution is 2.19. The third-order valence-electron chi connectivity index (χ3n) is 9.53. The number of carboxylic acids is 2. The average Bonchev–Trinajstić information content (AvgIpc) is 3.64. The zero-order valence-corrected chi connectivity index (χ0v) is 34.9. The number of nitrogens with two attached hydrogens (primary N) is 1. The van der Waals surface area contributed by atoms with Crippen LogP contribution in [-0.4, -0.2) is 141 Å². The second kappa shape index (κ2) is 24.5. The molecule has 0 aliphatic carbocycles. The molecule has 0 bridgehead atoms. The highest BCUT2D eigenvalue weighted by molar-refractivity contribution is 5.97. The Kier molecular flexibility index (Phi) is 19.6. The number of carboxylic acid groups (broad SMARTS) is 2. The fourth-order valence-corrected chi connectivity index (χ4v) is 6.19. The zero-order chi connectivity index (χ0) is 46.8. The van der Waals surface area contributed by atoms with Gasteiger partial charge in [-0.3, -0.25) is 38.4 Å². The van der Waals surface area contributed by atoms with Gasteiger partial charge in [-0.25, -0.2) is 4.79 Å². The quantitative estimate of drug-likeness (QED) is 0.0402. The molecule has 1 aromatic heterocycles. The molecule has 7 atom stereocenters. The van der Waals surface area contributed by atoms with Crippen molar-refractivity contribution in [2.75, 3.05) is 19.8 Å². The molecule has 2 aromatic carbocycles. The molecule has 0 fully saturated rings. The molecule has 342 valence electrons. The van der Waals surface area contributed by atoms with Gasteiger partial charge in [0.05, 0.1) is 32.2 Å². The molecule has 0 aliphatic heterocycles. The molecule has 0 saturated heterocycles. The lowest BCUT2D eigenvalue weighted by atomic mass is 10.0. The Morgan fingerprint density at radius 1 is 0.619 bits per heavy atom. The lowest BCUT2D eigenvalue weighted by molar-refractivity contribution is -0.143. The fourth-order valence-electron chi connectivity index (χ4n) is 6.19. The molecular formula is C41H55N9O13. The van der Waals surface area contributed by atoms with Crippen molar-refractivity contribution in [1.82, 2.24) is 42.2 Å². The van der Waals surface area contributed by atoms with E-state index in [4.69, 9.17) is 10.8 Å². The molecule has 0 aliphatic rings. The minimum atomic E-state index is -1.64. The van der Waals surface area contributed by atoms with E-state index < -0.39 is 122 Å². The number of aromatic amines is 1. The smallest absolute Gasteiger partial charge is 0.326 e. The summed E-state index contributed by atoms with van der Waals surface area (Å²) in [5.74, 6) is -9.36. The van der Waals surface area contributed by atoms with E-state index in [1.54, 1.807) is 74.6 Å². The van der Waals surface area contributed by atoms with E-state index in [0.29, 0.717) is 11.1 Å². The third-order valence-corrected chi connectivity index (χ3v) is 9.53. The van der Waals surface area contributed by atoms with E-state index in [1.165, 1.54) is 6.92 Å². The molecule has 3 rings (SSSR count). The Morgan fingerprint density at radius 3 is 1.71 bits per heavy atom. The van der Waals surface area contributed by atoms with Crippen LogP contribution in [0.4, 0.5) is 0 Å². The third kappa shape index (κ3) is 16.1. The number of rotatable bonds is 25. The van der Waals surface area contributed by atoms with Crippen LogP contribution in [0.15, 0.2) is 60.8 Å². The van der Waals surface area contributed by atoms with Crippen LogP contribution in [0.1, 0.15) is 44.7 Å². The molecule has 0 saturated carbocycles. The van der Waals surface area contributed by atoms with Crippen molar-refractivity contribution >= 4 is 64.2 Å². The molecule has 0 radical (unpaired) electrons. The summed E-state index contributed by atoms with van der Waals surface area (Å²) in [6, 6.07) is 5.36. The van der Waals surface area contributed by atoms with Crippen LogP contribution in [0, 0.1) is 5.92 Å². The predicted octanol–water partition coefficient (Wildman–Crippen LogP) is -3.08. The number of carbonyl (C=O) groups is 9. The molecule has 1 heterocycles. The van der Waals surface area contributed by atoms with Crippen molar-refractivity contribution in [2.24, 2.45) is 11.7 Å². The van der Waals surface area contributed by atoms with Crippen LogP contribution in [0.25, 0.3) is 10.9 Å². The Bertz CT molecular complexity index is 2100. The minimum Gasteiger partial charge on any atom is -0.481 e. The Hall–Kier alpha value is -6.91. The normalized spacial score (nSPS) is 14.4. The van der Waals surface area contributed by atoms with Gasteiger partial charge in [-0.15, -0.1) is 0 Å². The van der Waals surface area contributed by atoms with E-state index in [1.807, 2.05) is 0 Å². The van der Waals surface area contributed by atoms with E-state index in [9.17, 15) is 58.5 Å². The number of benzene rings is 2. The van der Waals surface area contributed by atoms with Crippen LogP contribution < -0.4 is 43.0 Å². The summed E-state index contributed by atoms with van der Waals surface area (Å²) in [6.45, 7) is 2.21. The van der Waals surface area contributed by atoms with Crippen molar-refractivity contribution in [3.05, 3.63) is 71.9 Å². The number of hydrogen-bond acceptors (Lipinski definition) is 12. The molecule has 63 heavy (non-hydrogen) atoms. The van der Waals surface area contributed by atoms with Crippen molar-refractivity contribution in [2.45, 2.75) is 88.7 Å². The number of hydrogen-bond donors (Lipinski definition) is 13. The maximum atomic E-state index is 13.5. The Labute approximate surface area is 361 Å².